The maximum Gasteiger partial charge on any atom is 0.318 e. The number of amides is 2. The predicted molar refractivity (Wildman–Crippen MR) is 114 cm³/mol. The van der Waals surface area contributed by atoms with Crippen molar-refractivity contribution in [1.82, 2.24) is 20.2 Å². The largest absolute Gasteiger partial charge is 0.481 e. The SMILES string of the molecule is CON=C(C(=O)NC1C(=O)N2CC(C[n+]3ccncc3)(C(=O)O)CS[C@H]12)c1csc(N)n1. The second-order valence-corrected chi connectivity index (χ2v) is 9.31. The molecule has 0 saturated carbocycles. The number of carbonyl (C=O) groups excluding carboxylic acids is 2. The Hall–Kier alpha value is -3.26. The number of anilines is 1. The number of carboxylic acid groups (broad SMARTS) is 1. The van der Waals surface area contributed by atoms with Crippen LogP contribution in [0.25, 0.3) is 0 Å². The summed E-state index contributed by atoms with van der Waals surface area (Å²) in [4.78, 5) is 51.9. The van der Waals surface area contributed by atoms with Crippen LogP contribution in [-0.2, 0) is 25.8 Å². The van der Waals surface area contributed by atoms with Gasteiger partial charge in [-0.05, 0) is 0 Å². The van der Waals surface area contributed by atoms with Crippen LogP contribution in [-0.4, -0.2) is 74.3 Å². The number of β-lactam (4-membered cyclic amide) rings is 1. The number of nitrogen functional groups attached to an aromatic ring is 1. The zero-order chi connectivity index (χ0) is 22.9. The smallest absolute Gasteiger partial charge is 0.318 e. The molecule has 2 unspecified atom stereocenters. The molecule has 3 atom stereocenters. The minimum absolute atomic E-state index is 0.0438. The molecule has 2 fully saturated rings. The molecule has 168 valence electrons. The number of hydrogen-bond acceptors (Lipinski definition) is 10. The van der Waals surface area contributed by atoms with E-state index in [0.717, 1.165) is 11.3 Å². The predicted octanol–water partition coefficient (Wildman–Crippen LogP) is -1.07. The molecular weight excluding hydrogens is 458 g/mol. The molecule has 0 spiro atoms. The number of nitrogens with one attached hydrogen (secondary N) is 1. The number of thioether (sulfide) groups is 1. The van der Waals surface area contributed by atoms with Crippen molar-refractivity contribution in [3.8, 4) is 0 Å². The molecule has 14 heteroatoms. The Labute approximate surface area is 190 Å². The Bertz CT molecular complexity index is 1080. The van der Waals surface area contributed by atoms with Gasteiger partial charge in [0, 0.05) is 17.7 Å². The van der Waals surface area contributed by atoms with E-state index in [4.69, 9.17) is 10.6 Å². The Morgan fingerprint density at radius 3 is 2.84 bits per heavy atom. The van der Waals surface area contributed by atoms with Gasteiger partial charge in [0.15, 0.2) is 35.2 Å². The van der Waals surface area contributed by atoms with Crippen LogP contribution >= 0.6 is 23.1 Å². The fourth-order valence-corrected chi connectivity index (χ4v) is 5.70. The van der Waals surface area contributed by atoms with Crippen molar-refractivity contribution in [3.05, 3.63) is 35.9 Å². The van der Waals surface area contributed by atoms with Crippen LogP contribution in [0.4, 0.5) is 5.13 Å². The number of carboxylic acids is 1. The van der Waals surface area contributed by atoms with Crippen LogP contribution in [0.5, 0.6) is 0 Å². The highest BCUT2D eigenvalue weighted by Gasteiger charge is 2.59. The summed E-state index contributed by atoms with van der Waals surface area (Å²) in [5.74, 6) is -1.68. The first-order valence-electron chi connectivity index (χ1n) is 9.42. The Morgan fingerprint density at radius 1 is 1.47 bits per heavy atom. The van der Waals surface area contributed by atoms with Gasteiger partial charge in [0.05, 0.1) is 12.4 Å². The van der Waals surface area contributed by atoms with Crippen LogP contribution in [0.3, 0.4) is 0 Å². The second kappa shape index (κ2) is 8.70. The van der Waals surface area contributed by atoms with Crippen molar-refractivity contribution in [1.29, 1.82) is 0 Å². The van der Waals surface area contributed by atoms with Crippen LogP contribution in [0, 0.1) is 5.41 Å². The van der Waals surface area contributed by atoms with Crippen LogP contribution < -0.4 is 15.6 Å². The van der Waals surface area contributed by atoms with Gasteiger partial charge >= 0.3 is 5.97 Å². The monoisotopic (exact) mass is 478 g/mol. The first-order chi connectivity index (χ1) is 15.3. The minimum atomic E-state index is -1.15. The van der Waals surface area contributed by atoms with Gasteiger partial charge in [-0.25, -0.2) is 9.55 Å². The molecule has 0 bridgehead atoms. The highest BCUT2D eigenvalue weighted by Crippen LogP contribution is 2.42. The van der Waals surface area contributed by atoms with Crippen molar-refractivity contribution in [2.75, 3.05) is 25.1 Å². The highest BCUT2D eigenvalue weighted by atomic mass is 32.2. The van der Waals surface area contributed by atoms with E-state index in [1.165, 1.54) is 23.8 Å². The molecule has 4 rings (SSSR count). The summed E-state index contributed by atoms with van der Waals surface area (Å²) in [7, 11) is 1.29. The normalized spacial score (nSPS) is 25.0. The van der Waals surface area contributed by atoms with E-state index in [1.807, 2.05) is 0 Å². The number of nitrogens with zero attached hydrogens (tertiary/aromatic N) is 5. The third-order valence-electron chi connectivity index (χ3n) is 5.22. The number of aliphatic carboxylic acids is 1. The molecule has 2 amide bonds. The van der Waals surface area contributed by atoms with Gasteiger partial charge < -0.3 is 25.9 Å². The molecule has 12 nitrogen and oxygen atoms in total. The van der Waals surface area contributed by atoms with Gasteiger partial charge in [0.2, 0.25) is 5.91 Å². The van der Waals surface area contributed by atoms with E-state index in [1.54, 1.807) is 34.7 Å². The van der Waals surface area contributed by atoms with Crippen LogP contribution in [0.1, 0.15) is 5.69 Å². The average molecular weight is 479 g/mol. The van der Waals surface area contributed by atoms with E-state index >= 15 is 0 Å². The average Bonchev–Trinajstić information content (AvgIpc) is 3.22. The van der Waals surface area contributed by atoms with Gasteiger partial charge in [-0.1, -0.05) is 5.16 Å². The second-order valence-electron chi connectivity index (χ2n) is 7.32. The lowest BCUT2D eigenvalue weighted by molar-refractivity contribution is -0.707. The molecule has 2 aromatic rings. The fraction of sp³-hybridized carbons (Fsp3) is 0.389. The van der Waals surface area contributed by atoms with Gasteiger partial charge in [-0.15, -0.1) is 23.1 Å². The molecule has 0 aromatic carbocycles. The highest BCUT2D eigenvalue weighted by molar-refractivity contribution is 8.00. The molecule has 4 N–H and O–H groups in total. The number of hydrogen-bond donors (Lipinski definition) is 3. The topological polar surface area (TPSA) is 164 Å². The molecule has 32 heavy (non-hydrogen) atoms. The minimum Gasteiger partial charge on any atom is -0.481 e. The Balaban J connectivity index is 1.46. The zero-order valence-electron chi connectivity index (χ0n) is 16.9. The van der Waals surface area contributed by atoms with E-state index < -0.39 is 23.3 Å². The van der Waals surface area contributed by atoms with Crippen molar-refractivity contribution < 1.29 is 28.9 Å². The molecule has 0 radical (unpaired) electrons. The number of aromatic nitrogens is 3. The van der Waals surface area contributed by atoms with E-state index in [-0.39, 0.29) is 46.7 Å². The summed E-state index contributed by atoms with van der Waals surface area (Å²) < 4.78 is 1.73. The fourth-order valence-electron chi connectivity index (χ4n) is 3.62. The zero-order valence-corrected chi connectivity index (χ0v) is 18.5. The van der Waals surface area contributed by atoms with Gasteiger partial charge in [0.1, 0.15) is 24.2 Å². The number of carbonyl (C=O) groups is 3. The molecule has 2 aliphatic rings. The molecule has 2 saturated heterocycles. The number of fused-ring (bicyclic) bond motifs is 1. The molecular formula is C18H20N7O5S2+. The van der Waals surface area contributed by atoms with E-state index in [0.29, 0.717) is 0 Å². The lowest BCUT2D eigenvalue weighted by atomic mass is 9.87. The van der Waals surface area contributed by atoms with E-state index in [9.17, 15) is 19.5 Å². The number of oxime groups is 1. The number of rotatable bonds is 7. The summed E-state index contributed by atoms with van der Waals surface area (Å²) in [5.41, 5.74) is 4.62. The standard InChI is InChI=1S/C18H19N7O5S2/c1-30-23-11(10-6-31-17(19)21-10)13(26)22-12-14(27)25-8-18(16(28)29,9-32-15(12)25)7-24-4-2-20-3-5-24/h2-6,12,15H,7-9H2,1H3,(H3-,19,21,22,26,28,29)/p+1/t12?,15-,18?/m1/s1. The van der Waals surface area contributed by atoms with Crippen LogP contribution in [0.2, 0.25) is 0 Å². The summed E-state index contributed by atoms with van der Waals surface area (Å²) in [6, 6.07) is -0.800. The molecule has 2 aliphatic heterocycles. The van der Waals surface area contributed by atoms with Crippen molar-refractivity contribution in [3.63, 3.8) is 0 Å². The Kier molecular flexibility index (Phi) is 5.97. The summed E-state index contributed by atoms with van der Waals surface area (Å²) >= 11 is 2.47. The molecule has 0 aliphatic carbocycles. The van der Waals surface area contributed by atoms with Crippen LogP contribution in [0.15, 0.2) is 35.3 Å². The molecule has 2 aromatic heterocycles. The summed E-state index contributed by atoms with van der Waals surface area (Å²) in [6.45, 7) is 0.240. The van der Waals surface area contributed by atoms with Gasteiger partial charge in [-0.2, -0.15) is 0 Å². The maximum absolute atomic E-state index is 12.8. The lowest BCUT2D eigenvalue weighted by Crippen LogP contribution is -2.75. The van der Waals surface area contributed by atoms with Gasteiger partial charge in [0.25, 0.3) is 5.91 Å². The van der Waals surface area contributed by atoms with Crippen molar-refractivity contribution >= 4 is 51.7 Å². The first-order valence-corrected chi connectivity index (χ1v) is 11.4. The van der Waals surface area contributed by atoms with Gasteiger partial charge in [-0.3, -0.25) is 19.4 Å². The first kappa shape index (κ1) is 22.0. The van der Waals surface area contributed by atoms with E-state index in [2.05, 4.69) is 20.4 Å². The Morgan fingerprint density at radius 2 is 2.22 bits per heavy atom. The maximum atomic E-state index is 12.8. The summed E-state index contributed by atoms with van der Waals surface area (Å²) in [5, 5.41) is 17.8. The lowest BCUT2D eigenvalue weighted by Gasteiger charge is -2.53. The number of thiazole rings is 1. The van der Waals surface area contributed by atoms with Crippen molar-refractivity contribution in [2.24, 2.45) is 10.6 Å². The quantitative estimate of drug-likeness (QED) is 0.194. The summed E-state index contributed by atoms with van der Waals surface area (Å²) in [6.07, 6.45) is 6.52. The third kappa shape index (κ3) is 3.98. The molecule has 4 heterocycles. The number of nitrogens with two attached hydrogens (primary N) is 1. The van der Waals surface area contributed by atoms with Crippen molar-refractivity contribution in [2.45, 2.75) is 18.0 Å². The third-order valence-corrected chi connectivity index (χ3v) is 7.48.